The third kappa shape index (κ3) is 5.60. The van der Waals surface area contributed by atoms with Gasteiger partial charge in [0.05, 0.1) is 21.3 Å². The largest absolute Gasteiger partial charge is 0.384 e. The first-order valence-electron chi connectivity index (χ1n) is 16.8. The van der Waals surface area contributed by atoms with Gasteiger partial charge in [-0.3, -0.25) is 0 Å². The van der Waals surface area contributed by atoms with Gasteiger partial charge in [-0.2, -0.15) is 0 Å². The van der Waals surface area contributed by atoms with Gasteiger partial charge in [0.1, 0.15) is 0 Å². The average Bonchev–Trinajstić information content (AvgIpc) is 3.67. The van der Waals surface area contributed by atoms with E-state index in [1.807, 2.05) is 53.3 Å². The molecule has 0 amide bonds. The lowest BCUT2D eigenvalue weighted by Gasteiger charge is -2.30. The molecule has 1 N–H and O–H groups in total. The van der Waals surface area contributed by atoms with Crippen molar-refractivity contribution in [1.29, 1.82) is 0 Å². The lowest BCUT2D eigenvalue weighted by molar-refractivity contribution is 0.547. The normalized spacial score (nSPS) is 20.7. The van der Waals surface area contributed by atoms with Gasteiger partial charge in [0, 0.05) is 33.8 Å². The summed E-state index contributed by atoms with van der Waals surface area (Å²) < 4.78 is 2.53. The minimum Gasteiger partial charge on any atom is -0.384 e. The molecule has 3 heterocycles. The van der Waals surface area contributed by atoms with Crippen molar-refractivity contribution < 1.29 is 0 Å². The van der Waals surface area contributed by atoms with Gasteiger partial charge in [0.15, 0.2) is 0 Å². The maximum Gasteiger partial charge on any atom is 0.0774 e. The SMILES string of the molecule is CC.CC.CC.CCC=CC1(C)C=C(n2c3ccccc3c3cc4c(cc32)C(C)(C)c2ccccc2-4)SC1C1=CC=CCN1. The summed E-state index contributed by atoms with van der Waals surface area (Å²) in [6, 6.07) is 22.8. The topological polar surface area (TPSA) is 17.0 Å². The number of fused-ring (bicyclic) bond motifs is 6. The molecule has 0 saturated carbocycles. The van der Waals surface area contributed by atoms with Crippen LogP contribution in [0.5, 0.6) is 0 Å². The highest BCUT2D eigenvalue weighted by Gasteiger charge is 2.41. The molecular formula is C41H52N2S. The van der Waals surface area contributed by atoms with Crippen molar-refractivity contribution in [3.05, 3.63) is 114 Å². The number of aromatic nitrogens is 1. The Kier molecular flexibility index (Phi) is 10.7. The molecule has 7 rings (SSSR count). The third-order valence-corrected chi connectivity index (χ3v) is 10.2. The highest BCUT2D eigenvalue weighted by Crippen LogP contribution is 2.54. The summed E-state index contributed by atoms with van der Waals surface area (Å²) in [6.45, 7) is 22.2. The molecule has 2 atom stereocenters. The molecule has 232 valence electrons. The van der Waals surface area contributed by atoms with E-state index >= 15 is 0 Å². The van der Waals surface area contributed by atoms with E-state index in [1.165, 1.54) is 54.8 Å². The smallest absolute Gasteiger partial charge is 0.0774 e. The van der Waals surface area contributed by atoms with Crippen molar-refractivity contribution in [2.45, 2.75) is 86.3 Å². The van der Waals surface area contributed by atoms with E-state index in [4.69, 9.17) is 0 Å². The average molecular weight is 605 g/mol. The molecule has 0 spiro atoms. The van der Waals surface area contributed by atoms with Crippen LogP contribution in [0.15, 0.2) is 103 Å². The van der Waals surface area contributed by atoms with Crippen LogP contribution in [0.2, 0.25) is 0 Å². The number of thioether (sulfide) groups is 1. The summed E-state index contributed by atoms with van der Waals surface area (Å²) >= 11 is 1.99. The molecule has 3 heteroatoms. The second kappa shape index (κ2) is 14.1. The fourth-order valence-electron chi connectivity index (χ4n) is 6.70. The lowest BCUT2D eigenvalue weighted by Crippen LogP contribution is -2.32. The van der Waals surface area contributed by atoms with E-state index in [1.54, 1.807) is 0 Å². The van der Waals surface area contributed by atoms with Gasteiger partial charge in [-0.05, 0) is 59.0 Å². The molecule has 2 unspecified atom stereocenters. The standard InChI is InChI=1S/C35H34N2S.3C2H6/c1-5-6-18-35(4)22-32(38-33(35)29-16-11-12-19-36-29)37-30-17-10-8-14-24(30)26-20-25-23-13-7-9-15-27(23)34(2,3)28(25)21-31(26)37;3*1-2/h6-18,20-22,33,36H,5,19H2,1-4H3;3*1-2H3. The number of para-hydroxylation sites is 1. The van der Waals surface area contributed by atoms with Crippen LogP contribution in [-0.4, -0.2) is 16.4 Å². The minimum atomic E-state index is -0.0794. The first kappa shape index (κ1) is 33.5. The molecule has 2 nitrogen and oxygen atoms in total. The van der Waals surface area contributed by atoms with Crippen LogP contribution in [0.3, 0.4) is 0 Å². The minimum absolute atomic E-state index is 0.0251. The predicted octanol–water partition coefficient (Wildman–Crippen LogP) is 12.1. The van der Waals surface area contributed by atoms with E-state index in [0.717, 1.165) is 13.0 Å². The highest BCUT2D eigenvalue weighted by atomic mass is 32.2. The van der Waals surface area contributed by atoms with Crippen LogP contribution in [0.4, 0.5) is 0 Å². The molecule has 3 aromatic carbocycles. The van der Waals surface area contributed by atoms with Gasteiger partial charge in [0.25, 0.3) is 0 Å². The molecule has 3 aliphatic rings. The van der Waals surface area contributed by atoms with Crippen LogP contribution < -0.4 is 5.32 Å². The Hall–Kier alpha value is -3.43. The summed E-state index contributed by atoms with van der Waals surface area (Å²) in [5, 5.41) is 7.94. The summed E-state index contributed by atoms with van der Waals surface area (Å²) in [5.41, 5.74) is 9.39. The number of dihydropyridines is 1. The Morgan fingerprint density at radius 2 is 1.55 bits per heavy atom. The number of allylic oxidation sites excluding steroid dienone is 5. The van der Waals surface area contributed by atoms with Crippen LogP contribution >= 0.6 is 11.8 Å². The molecule has 0 radical (unpaired) electrons. The number of nitrogens with one attached hydrogen (secondary N) is 1. The molecule has 44 heavy (non-hydrogen) atoms. The second-order valence-corrected chi connectivity index (χ2v) is 12.7. The van der Waals surface area contributed by atoms with Gasteiger partial charge in [-0.25, -0.2) is 0 Å². The number of nitrogens with zero attached hydrogens (tertiary/aromatic N) is 1. The monoisotopic (exact) mass is 604 g/mol. The maximum absolute atomic E-state index is 3.66. The molecular weight excluding hydrogens is 553 g/mol. The highest BCUT2D eigenvalue weighted by molar-refractivity contribution is 8.09. The van der Waals surface area contributed by atoms with Crippen LogP contribution in [-0.2, 0) is 5.41 Å². The second-order valence-electron chi connectivity index (χ2n) is 11.5. The zero-order valence-electron chi connectivity index (χ0n) is 28.6. The van der Waals surface area contributed by atoms with E-state index < -0.39 is 0 Å². The number of hydrogen-bond donors (Lipinski definition) is 1. The molecule has 2 aliphatic heterocycles. The number of hydrogen-bond acceptors (Lipinski definition) is 2. The molecule has 1 aliphatic carbocycles. The van der Waals surface area contributed by atoms with Gasteiger partial charge in [-0.1, -0.05) is 148 Å². The van der Waals surface area contributed by atoms with Crippen molar-refractivity contribution in [2.75, 3.05) is 6.54 Å². The zero-order valence-corrected chi connectivity index (χ0v) is 29.4. The first-order valence-corrected chi connectivity index (χ1v) is 17.7. The Morgan fingerprint density at radius 3 is 2.25 bits per heavy atom. The van der Waals surface area contributed by atoms with E-state index in [2.05, 4.69) is 135 Å². The van der Waals surface area contributed by atoms with E-state index in [9.17, 15) is 0 Å². The summed E-state index contributed by atoms with van der Waals surface area (Å²) in [7, 11) is 0. The van der Waals surface area contributed by atoms with Gasteiger partial charge >= 0.3 is 0 Å². The molecule has 1 aromatic heterocycles. The van der Waals surface area contributed by atoms with Crippen molar-refractivity contribution in [3.8, 4) is 11.1 Å². The Labute approximate surface area is 271 Å². The van der Waals surface area contributed by atoms with Crippen LogP contribution in [0.25, 0.3) is 38.0 Å². The van der Waals surface area contributed by atoms with Crippen molar-refractivity contribution in [1.82, 2.24) is 9.88 Å². The molecule has 0 bridgehead atoms. The van der Waals surface area contributed by atoms with Crippen molar-refractivity contribution in [2.24, 2.45) is 5.41 Å². The first-order chi connectivity index (χ1) is 21.4. The fourth-order valence-corrected chi connectivity index (χ4v) is 8.26. The Balaban J connectivity index is 0.000000696. The molecule has 0 saturated heterocycles. The van der Waals surface area contributed by atoms with Gasteiger partial charge < -0.3 is 9.88 Å². The van der Waals surface area contributed by atoms with Crippen LogP contribution in [0, 0.1) is 5.41 Å². The van der Waals surface area contributed by atoms with Gasteiger partial charge in [-0.15, -0.1) is 0 Å². The van der Waals surface area contributed by atoms with Crippen molar-refractivity contribution >= 4 is 38.6 Å². The Morgan fingerprint density at radius 1 is 0.841 bits per heavy atom. The summed E-state index contributed by atoms with van der Waals surface area (Å²) in [6.07, 6.45) is 14.9. The summed E-state index contributed by atoms with van der Waals surface area (Å²) in [4.78, 5) is 0. The van der Waals surface area contributed by atoms with Crippen molar-refractivity contribution in [3.63, 3.8) is 0 Å². The van der Waals surface area contributed by atoms with Gasteiger partial charge in [0.2, 0.25) is 0 Å². The number of benzene rings is 3. The maximum atomic E-state index is 3.66. The lowest BCUT2D eigenvalue weighted by atomic mass is 9.82. The molecule has 0 fully saturated rings. The number of rotatable bonds is 4. The van der Waals surface area contributed by atoms with E-state index in [-0.39, 0.29) is 10.8 Å². The third-order valence-electron chi connectivity index (χ3n) is 8.67. The molecule has 4 aromatic rings. The van der Waals surface area contributed by atoms with Crippen LogP contribution in [0.1, 0.15) is 86.8 Å². The summed E-state index contributed by atoms with van der Waals surface area (Å²) in [5.74, 6) is 0. The zero-order chi connectivity index (χ0) is 32.1. The Bertz CT molecular complexity index is 1730. The predicted molar refractivity (Wildman–Crippen MR) is 199 cm³/mol. The fraction of sp³-hybridized carbons (Fsp3) is 0.366. The van der Waals surface area contributed by atoms with E-state index in [0.29, 0.717) is 5.25 Å². The quantitative estimate of drug-likeness (QED) is 0.233.